The number of benzene rings is 1. The van der Waals surface area contributed by atoms with Crippen molar-refractivity contribution in [1.82, 2.24) is 14.6 Å². The summed E-state index contributed by atoms with van der Waals surface area (Å²) in [4.78, 5) is 16.3. The molecule has 1 amide bonds. The van der Waals surface area contributed by atoms with Gasteiger partial charge in [-0.1, -0.05) is 11.6 Å². The Morgan fingerprint density at radius 2 is 2.20 bits per heavy atom. The van der Waals surface area contributed by atoms with Gasteiger partial charge in [0.2, 0.25) is 0 Å². The lowest BCUT2D eigenvalue weighted by Crippen LogP contribution is -2.12. The van der Waals surface area contributed by atoms with E-state index in [0.29, 0.717) is 21.8 Å². The highest BCUT2D eigenvalue weighted by atomic mass is 127. The number of nitrogens with one attached hydrogen (secondary N) is 1. The molecule has 0 aliphatic rings. The standard InChI is InChI=1S/C13H8ClIN4O/c14-10-5-8(15)1-2-11(10)18-13(20)9-6-17-19-4-3-16-7-12(9)19/h1-7H,(H,18,20). The second-order valence-electron chi connectivity index (χ2n) is 4.04. The molecule has 1 aromatic carbocycles. The Hall–Kier alpha value is -1.67. The van der Waals surface area contributed by atoms with Crippen LogP contribution in [-0.2, 0) is 0 Å². The largest absolute Gasteiger partial charge is 0.321 e. The van der Waals surface area contributed by atoms with Gasteiger partial charge in [-0.2, -0.15) is 5.10 Å². The second-order valence-corrected chi connectivity index (χ2v) is 5.70. The van der Waals surface area contributed by atoms with Crippen molar-refractivity contribution in [3.8, 4) is 0 Å². The summed E-state index contributed by atoms with van der Waals surface area (Å²) in [6.07, 6.45) is 6.39. The van der Waals surface area contributed by atoms with Gasteiger partial charge in [0.25, 0.3) is 5.91 Å². The highest BCUT2D eigenvalue weighted by molar-refractivity contribution is 14.1. The first-order chi connectivity index (χ1) is 9.65. The van der Waals surface area contributed by atoms with Crippen molar-refractivity contribution in [2.75, 3.05) is 5.32 Å². The molecule has 3 rings (SSSR count). The molecular weight excluding hydrogens is 391 g/mol. The lowest BCUT2D eigenvalue weighted by Gasteiger charge is -2.06. The van der Waals surface area contributed by atoms with E-state index in [0.717, 1.165) is 3.57 Å². The van der Waals surface area contributed by atoms with E-state index in [2.05, 4.69) is 38.0 Å². The van der Waals surface area contributed by atoms with Crippen LogP contribution >= 0.6 is 34.2 Å². The third kappa shape index (κ3) is 2.48. The fraction of sp³-hybridized carbons (Fsp3) is 0. The molecule has 0 aliphatic heterocycles. The van der Waals surface area contributed by atoms with Crippen LogP contribution in [0.25, 0.3) is 5.52 Å². The summed E-state index contributed by atoms with van der Waals surface area (Å²) in [5, 5.41) is 7.38. The van der Waals surface area contributed by atoms with E-state index in [1.807, 2.05) is 6.07 Å². The van der Waals surface area contributed by atoms with Gasteiger partial charge in [0.1, 0.15) is 0 Å². The molecule has 1 N–H and O–H groups in total. The van der Waals surface area contributed by atoms with Gasteiger partial charge in [0.15, 0.2) is 0 Å². The molecule has 5 nitrogen and oxygen atoms in total. The summed E-state index contributed by atoms with van der Waals surface area (Å²) in [7, 11) is 0. The molecule has 2 heterocycles. The minimum atomic E-state index is -0.267. The first-order valence-electron chi connectivity index (χ1n) is 5.69. The van der Waals surface area contributed by atoms with Gasteiger partial charge in [-0.05, 0) is 40.8 Å². The number of aromatic nitrogens is 3. The molecule has 0 fully saturated rings. The third-order valence-electron chi connectivity index (χ3n) is 2.75. The maximum absolute atomic E-state index is 12.3. The van der Waals surface area contributed by atoms with Crippen LogP contribution in [0.1, 0.15) is 10.4 Å². The zero-order valence-corrected chi connectivity index (χ0v) is 13.0. The molecule has 100 valence electrons. The van der Waals surface area contributed by atoms with E-state index in [4.69, 9.17) is 11.6 Å². The van der Waals surface area contributed by atoms with Crippen LogP contribution in [0.5, 0.6) is 0 Å². The van der Waals surface area contributed by atoms with Crippen LogP contribution in [0.15, 0.2) is 43.0 Å². The van der Waals surface area contributed by atoms with E-state index in [1.54, 1.807) is 35.2 Å². The van der Waals surface area contributed by atoms with Crippen molar-refractivity contribution in [2.24, 2.45) is 0 Å². The van der Waals surface area contributed by atoms with Crippen LogP contribution in [0.3, 0.4) is 0 Å². The Morgan fingerprint density at radius 3 is 3.00 bits per heavy atom. The van der Waals surface area contributed by atoms with Crippen molar-refractivity contribution in [3.05, 3.63) is 57.1 Å². The first kappa shape index (κ1) is 13.3. The normalized spacial score (nSPS) is 10.7. The predicted octanol–water partition coefficient (Wildman–Crippen LogP) is 3.24. The molecule has 0 saturated heterocycles. The molecule has 7 heteroatoms. The molecule has 3 aromatic rings. The number of fused-ring (bicyclic) bond motifs is 1. The van der Waals surface area contributed by atoms with Crippen molar-refractivity contribution in [3.63, 3.8) is 0 Å². The average molecular weight is 399 g/mol. The lowest BCUT2D eigenvalue weighted by atomic mass is 10.2. The fourth-order valence-corrected chi connectivity index (χ4v) is 2.69. The molecule has 20 heavy (non-hydrogen) atoms. The summed E-state index contributed by atoms with van der Waals surface area (Å²) in [6.45, 7) is 0. The summed E-state index contributed by atoms with van der Waals surface area (Å²) in [5.74, 6) is -0.267. The number of hydrogen-bond acceptors (Lipinski definition) is 3. The second kappa shape index (κ2) is 5.37. The topological polar surface area (TPSA) is 59.3 Å². The third-order valence-corrected chi connectivity index (χ3v) is 3.73. The molecular formula is C13H8ClIN4O. The van der Waals surface area contributed by atoms with E-state index >= 15 is 0 Å². The van der Waals surface area contributed by atoms with Crippen molar-refractivity contribution < 1.29 is 4.79 Å². The van der Waals surface area contributed by atoms with Crippen molar-refractivity contribution in [2.45, 2.75) is 0 Å². The maximum Gasteiger partial charge on any atom is 0.259 e. The molecule has 0 unspecified atom stereocenters. The van der Waals surface area contributed by atoms with Gasteiger partial charge in [-0.25, -0.2) is 4.52 Å². The average Bonchev–Trinajstić information content (AvgIpc) is 2.86. The predicted molar refractivity (Wildman–Crippen MR) is 85.1 cm³/mol. The zero-order valence-electron chi connectivity index (χ0n) is 10.0. The highest BCUT2D eigenvalue weighted by Crippen LogP contribution is 2.24. The molecule has 0 bridgehead atoms. The van der Waals surface area contributed by atoms with Crippen LogP contribution in [-0.4, -0.2) is 20.5 Å². The molecule has 0 atom stereocenters. The van der Waals surface area contributed by atoms with E-state index in [9.17, 15) is 4.79 Å². The fourth-order valence-electron chi connectivity index (χ4n) is 1.79. The van der Waals surface area contributed by atoms with Crippen LogP contribution in [0.2, 0.25) is 5.02 Å². The highest BCUT2D eigenvalue weighted by Gasteiger charge is 2.14. The molecule has 0 radical (unpaired) electrons. The van der Waals surface area contributed by atoms with Gasteiger partial charge in [0.05, 0.1) is 34.2 Å². The van der Waals surface area contributed by atoms with E-state index < -0.39 is 0 Å². The SMILES string of the molecule is O=C(Nc1ccc(I)cc1Cl)c1cnn2ccncc12. The Bertz CT molecular complexity index is 802. The van der Waals surface area contributed by atoms with Gasteiger partial charge < -0.3 is 5.32 Å². The van der Waals surface area contributed by atoms with Gasteiger partial charge in [-0.3, -0.25) is 9.78 Å². The van der Waals surface area contributed by atoms with Crippen LogP contribution in [0.4, 0.5) is 5.69 Å². The van der Waals surface area contributed by atoms with Crippen LogP contribution < -0.4 is 5.32 Å². The Kier molecular flexibility index (Phi) is 3.58. The van der Waals surface area contributed by atoms with E-state index in [-0.39, 0.29) is 5.91 Å². The number of halogens is 2. The van der Waals surface area contributed by atoms with Crippen molar-refractivity contribution >= 4 is 51.3 Å². The smallest absolute Gasteiger partial charge is 0.259 e. The number of amides is 1. The summed E-state index contributed by atoms with van der Waals surface area (Å²) >= 11 is 8.26. The number of hydrogen-bond donors (Lipinski definition) is 1. The molecule has 0 aliphatic carbocycles. The first-order valence-corrected chi connectivity index (χ1v) is 7.14. The number of carbonyl (C=O) groups is 1. The Balaban J connectivity index is 1.93. The zero-order chi connectivity index (χ0) is 14.1. The van der Waals surface area contributed by atoms with Crippen molar-refractivity contribution in [1.29, 1.82) is 0 Å². The molecule has 0 spiro atoms. The van der Waals surface area contributed by atoms with Gasteiger partial charge in [-0.15, -0.1) is 0 Å². The van der Waals surface area contributed by atoms with E-state index in [1.165, 1.54) is 6.20 Å². The van der Waals surface area contributed by atoms with Gasteiger partial charge >= 0.3 is 0 Å². The van der Waals surface area contributed by atoms with Crippen LogP contribution in [0, 0.1) is 3.57 Å². The number of rotatable bonds is 2. The quantitative estimate of drug-likeness (QED) is 0.674. The Labute approximate surface area is 133 Å². The Morgan fingerprint density at radius 1 is 1.35 bits per heavy atom. The minimum absolute atomic E-state index is 0.267. The maximum atomic E-state index is 12.3. The lowest BCUT2D eigenvalue weighted by molar-refractivity contribution is 0.102. The van der Waals surface area contributed by atoms with Gasteiger partial charge in [0, 0.05) is 16.0 Å². The monoisotopic (exact) mass is 398 g/mol. The summed E-state index contributed by atoms with van der Waals surface area (Å²) in [6, 6.07) is 5.43. The summed E-state index contributed by atoms with van der Waals surface area (Å²) in [5.41, 5.74) is 1.67. The number of nitrogens with zero attached hydrogens (tertiary/aromatic N) is 3. The number of carbonyl (C=O) groups excluding carboxylic acids is 1. The molecule has 2 aromatic heterocycles. The summed E-state index contributed by atoms with van der Waals surface area (Å²) < 4.78 is 2.60. The number of anilines is 1. The molecule has 0 saturated carbocycles. The minimum Gasteiger partial charge on any atom is -0.321 e.